The molecule has 5 nitrogen and oxygen atoms in total. The van der Waals surface area contributed by atoms with Crippen LogP contribution in [0.4, 0.5) is 5.69 Å². The second-order valence-electron chi connectivity index (χ2n) is 8.59. The zero-order valence-electron chi connectivity index (χ0n) is 18.1. The maximum absolute atomic E-state index is 9.30. The van der Waals surface area contributed by atoms with Crippen molar-refractivity contribution in [2.75, 3.05) is 31.1 Å². The zero-order chi connectivity index (χ0) is 19.8. The van der Waals surface area contributed by atoms with Gasteiger partial charge in [0.25, 0.3) is 0 Å². The van der Waals surface area contributed by atoms with Gasteiger partial charge in [0, 0.05) is 38.0 Å². The third-order valence-corrected chi connectivity index (χ3v) is 6.22. The number of halogens is 1. The number of aliphatic hydroxyl groups excluding tert-OH is 1. The summed E-state index contributed by atoms with van der Waals surface area (Å²) in [6.45, 7) is 8.46. The molecular formula is C23H39IN4O. The van der Waals surface area contributed by atoms with Crippen molar-refractivity contribution in [1.29, 1.82) is 0 Å². The topological polar surface area (TPSA) is 59.9 Å². The zero-order valence-corrected chi connectivity index (χ0v) is 20.4. The van der Waals surface area contributed by atoms with Crippen LogP contribution >= 0.6 is 24.0 Å². The normalized spacial score (nSPS) is 23.4. The lowest BCUT2D eigenvalue weighted by Crippen LogP contribution is -2.45. The van der Waals surface area contributed by atoms with Crippen LogP contribution in [0.2, 0.25) is 0 Å². The van der Waals surface area contributed by atoms with Crippen LogP contribution in [0, 0.1) is 11.8 Å². The molecule has 0 aromatic heterocycles. The minimum atomic E-state index is 0. The largest absolute Gasteiger partial charge is 0.396 e. The van der Waals surface area contributed by atoms with Crippen molar-refractivity contribution in [3.05, 3.63) is 29.8 Å². The quantitative estimate of drug-likeness (QED) is 0.304. The summed E-state index contributed by atoms with van der Waals surface area (Å²) in [4.78, 5) is 7.24. The smallest absolute Gasteiger partial charge is 0.191 e. The number of rotatable bonds is 6. The summed E-state index contributed by atoms with van der Waals surface area (Å²) in [5.74, 6) is 2.23. The van der Waals surface area contributed by atoms with Crippen LogP contribution in [-0.2, 0) is 6.54 Å². The van der Waals surface area contributed by atoms with Gasteiger partial charge in [-0.25, -0.2) is 4.99 Å². The van der Waals surface area contributed by atoms with Gasteiger partial charge < -0.3 is 20.6 Å². The van der Waals surface area contributed by atoms with Crippen molar-refractivity contribution < 1.29 is 5.11 Å². The Morgan fingerprint density at radius 3 is 2.48 bits per heavy atom. The molecule has 1 aliphatic heterocycles. The molecule has 1 aliphatic carbocycles. The molecule has 0 spiro atoms. The average molecular weight is 514 g/mol. The molecule has 3 N–H and O–H groups in total. The lowest BCUT2D eigenvalue weighted by molar-refractivity contribution is 0.203. The van der Waals surface area contributed by atoms with Crippen LogP contribution in [0.15, 0.2) is 29.3 Å². The second-order valence-corrected chi connectivity index (χ2v) is 8.59. The summed E-state index contributed by atoms with van der Waals surface area (Å²) in [5.41, 5.74) is 2.52. The van der Waals surface area contributed by atoms with E-state index in [1.54, 1.807) is 0 Å². The third-order valence-electron chi connectivity index (χ3n) is 6.22. The minimum absolute atomic E-state index is 0. The first-order chi connectivity index (χ1) is 13.7. The first-order valence-electron chi connectivity index (χ1n) is 11.2. The standard InChI is InChI=1S/C23H38N4O.HI/c1-3-24-23(26-21-6-4-5-18(2)15-21)25-16-19-7-9-22(10-8-19)27-13-11-20(17-28)12-14-27;/h7-10,18,20-21,28H,3-6,11-17H2,1-2H3,(H2,24,25,26);1H. The summed E-state index contributed by atoms with van der Waals surface area (Å²) in [5, 5.41) is 16.3. The number of aliphatic hydroxyl groups is 1. The minimum Gasteiger partial charge on any atom is -0.396 e. The fourth-order valence-corrected chi connectivity index (χ4v) is 4.43. The van der Waals surface area contributed by atoms with Gasteiger partial charge in [0.05, 0.1) is 6.54 Å². The van der Waals surface area contributed by atoms with Crippen LogP contribution < -0.4 is 15.5 Å². The van der Waals surface area contributed by atoms with Crippen molar-refractivity contribution in [3.8, 4) is 0 Å². The summed E-state index contributed by atoms with van der Waals surface area (Å²) in [7, 11) is 0. The van der Waals surface area contributed by atoms with E-state index in [2.05, 4.69) is 53.6 Å². The Morgan fingerprint density at radius 1 is 1.14 bits per heavy atom. The Bertz CT molecular complexity index is 614. The molecule has 0 radical (unpaired) electrons. The van der Waals surface area contributed by atoms with Gasteiger partial charge in [-0.3, -0.25) is 0 Å². The molecule has 2 fully saturated rings. The number of hydrogen-bond donors (Lipinski definition) is 3. The van der Waals surface area contributed by atoms with E-state index in [0.717, 1.165) is 44.4 Å². The molecule has 2 unspecified atom stereocenters. The molecule has 164 valence electrons. The van der Waals surface area contributed by atoms with Crippen LogP contribution in [0.5, 0.6) is 0 Å². The van der Waals surface area contributed by atoms with E-state index in [-0.39, 0.29) is 24.0 Å². The Morgan fingerprint density at radius 2 is 1.86 bits per heavy atom. The number of nitrogens with zero attached hydrogens (tertiary/aromatic N) is 2. The number of nitrogens with one attached hydrogen (secondary N) is 2. The van der Waals surface area contributed by atoms with Gasteiger partial charge in [-0.2, -0.15) is 0 Å². The molecule has 2 atom stereocenters. The maximum atomic E-state index is 9.30. The van der Waals surface area contributed by atoms with Crippen molar-refractivity contribution in [3.63, 3.8) is 0 Å². The molecule has 0 amide bonds. The first-order valence-corrected chi connectivity index (χ1v) is 11.2. The van der Waals surface area contributed by atoms with Crippen molar-refractivity contribution >= 4 is 35.6 Å². The van der Waals surface area contributed by atoms with E-state index >= 15 is 0 Å². The van der Waals surface area contributed by atoms with E-state index in [0.29, 0.717) is 25.1 Å². The lowest BCUT2D eigenvalue weighted by Gasteiger charge is -2.32. The molecule has 1 heterocycles. The van der Waals surface area contributed by atoms with E-state index < -0.39 is 0 Å². The highest BCUT2D eigenvalue weighted by Gasteiger charge is 2.20. The second kappa shape index (κ2) is 12.6. The molecular weight excluding hydrogens is 475 g/mol. The number of aliphatic imine (C=N–C) groups is 1. The Balaban J connectivity index is 0.00000300. The highest BCUT2D eigenvalue weighted by atomic mass is 127. The SMILES string of the molecule is CCNC(=NCc1ccc(N2CCC(CO)CC2)cc1)NC1CCCC(C)C1.I. The molecule has 1 aromatic carbocycles. The number of benzene rings is 1. The van der Waals surface area contributed by atoms with Crippen LogP contribution in [0.3, 0.4) is 0 Å². The van der Waals surface area contributed by atoms with Crippen LogP contribution in [-0.4, -0.2) is 43.3 Å². The van der Waals surface area contributed by atoms with Gasteiger partial charge in [0.1, 0.15) is 0 Å². The number of anilines is 1. The van der Waals surface area contributed by atoms with Gasteiger partial charge in [-0.05, 0) is 62.1 Å². The molecule has 2 aliphatic rings. The van der Waals surface area contributed by atoms with E-state index in [9.17, 15) is 5.11 Å². The van der Waals surface area contributed by atoms with E-state index in [1.165, 1.54) is 36.9 Å². The molecule has 1 saturated carbocycles. The molecule has 29 heavy (non-hydrogen) atoms. The highest BCUT2D eigenvalue weighted by molar-refractivity contribution is 14.0. The fourth-order valence-electron chi connectivity index (χ4n) is 4.43. The maximum Gasteiger partial charge on any atom is 0.191 e. The van der Waals surface area contributed by atoms with Gasteiger partial charge in [0.15, 0.2) is 5.96 Å². The lowest BCUT2D eigenvalue weighted by atomic mass is 9.87. The van der Waals surface area contributed by atoms with E-state index in [4.69, 9.17) is 4.99 Å². The highest BCUT2D eigenvalue weighted by Crippen LogP contribution is 2.24. The Kier molecular flexibility index (Phi) is 10.6. The molecule has 1 aromatic rings. The fraction of sp³-hybridized carbons (Fsp3) is 0.696. The molecule has 0 bridgehead atoms. The van der Waals surface area contributed by atoms with Gasteiger partial charge in [-0.15, -0.1) is 24.0 Å². The number of hydrogen-bond acceptors (Lipinski definition) is 3. The van der Waals surface area contributed by atoms with Gasteiger partial charge in [0.2, 0.25) is 0 Å². The monoisotopic (exact) mass is 514 g/mol. The van der Waals surface area contributed by atoms with Crippen molar-refractivity contribution in [1.82, 2.24) is 10.6 Å². The first kappa shape index (κ1) is 24.3. The molecule has 6 heteroatoms. The van der Waals surface area contributed by atoms with Crippen molar-refractivity contribution in [2.24, 2.45) is 16.8 Å². The summed E-state index contributed by atoms with van der Waals surface area (Å²) in [6, 6.07) is 9.37. The predicted molar refractivity (Wildman–Crippen MR) is 133 cm³/mol. The summed E-state index contributed by atoms with van der Waals surface area (Å²) >= 11 is 0. The summed E-state index contributed by atoms with van der Waals surface area (Å²) < 4.78 is 0. The Labute approximate surface area is 193 Å². The van der Waals surface area contributed by atoms with Crippen LogP contribution in [0.1, 0.15) is 57.9 Å². The number of guanidine groups is 1. The third kappa shape index (κ3) is 7.63. The molecule has 3 rings (SSSR count). The number of piperidine rings is 1. The van der Waals surface area contributed by atoms with Crippen LogP contribution in [0.25, 0.3) is 0 Å². The van der Waals surface area contributed by atoms with Gasteiger partial charge in [-0.1, -0.05) is 31.9 Å². The predicted octanol–water partition coefficient (Wildman–Crippen LogP) is 4.15. The van der Waals surface area contributed by atoms with Gasteiger partial charge >= 0.3 is 0 Å². The average Bonchev–Trinajstić information content (AvgIpc) is 2.73. The summed E-state index contributed by atoms with van der Waals surface area (Å²) in [6.07, 6.45) is 7.33. The molecule has 1 saturated heterocycles. The van der Waals surface area contributed by atoms with Crippen molar-refractivity contribution in [2.45, 2.75) is 65.0 Å². The Hall–Kier alpha value is -1.02. The van der Waals surface area contributed by atoms with E-state index in [1.807, 2.05) is 0 Å².